The number of fused-ring (bicyclic) bond motifs is 2. The summed E-state index contributed by atoms with van der Waals surface area (Å²) in [6, 6.07) is 11.9. The molecule has 24 heavy (non-hydrogen) atoms. The van der Waals surface area contributed by atoms with Crippen LogP contribution in [-0.4, -0.2) is 10.2 Å². The smallest absolute Gasteiger partial charge is 0.118 e. The van der Waals surface area contributed by atoms with Gasteiger partial charge in [-0.05, 0) is 104 Å². The van der Waals surface area contributed by atoms with Crippen molar-refractivity contribution in [1.82, 2.24) is 0 Å². The van der Waals surface area contributed by atoms with Gasteiger partial charge in [0.25, 0.3) is 0 Å². The van der Waals surface area contributed by atoms with Crippen LogP contribution in [0.3, 0.4) is 0 Å². The fraction of sp³-hybridized carbons (Fsp3) is 0.455. The fourth-order valence-corrected chi connectivity index (χ4v) is 5.18. The molecule has 2 saturated carbocycles. The molecule has 2 aliphatic carbocycles. The van der Waals surface area contributed by atoms with Crippen LogP contribution in [0.2, 0.25) is 0 Å². The summed E-state index contributed by atoms with van der Waals surface area (Å²) in [5, 5.41) is 19.3. The molecule has 2 nitrogen and oxygen atoms in total. The van der Waals surface area contributed by atoms with Gasteiger partial charge in [-0.15, -0.1) is 0 Å². The highest BCUT2D eigenvalue weighted by atomic mass is 16.3. The Morgan fingerprint density at radius 1 is 0.875 bits per heavy atom. The van der Waals surface area contributed by atoms with Crippen molar-refractivity contribution < 1.29 is 10.2 Å². The molecule has 0 saturated heterocycles. The lowest BCUT2D eigenvalue weighted by Crippen LogP contribution is -2.19. The molecule has 4 atom stereocenters. The molecule has 2 N–H and O–H groups in total. The zero-order chi connectivity index (χ0) is 16.8. The van der Waals surface area contributed by atoms with Gasteiger partial charge in [-0.25, -0.2) is 0 Å². The molecule has 4 rings (SSSR count). The second kappa shape index (κ2) is 5.84. The van der Waals surface area contributed by atoms with Crippen LogP contribution in [0.1, 0.15) is 47.4 Å². The Bertz CT molecular complexity index is 747. The van der Waals surface area contributed by atoms with Crippen LogP contribution in [-0.2, 0) is 6.42 Å². The molecule has 2 aromatic rings. The van der Waals surface area contributed by atoms with Gasteiger partial charge in [0.2, 0.25) is 0 Å². The van der Waals surface area contributed by atoms with Crippen molar-refractivity contribution >= 4 is 0 Å². The first-order chi connectivity index (χ1) is 11.5. The maximum absolute atomic E-state index is 9.91. The zero-order valence-electron chi connectivity index (χ0n) is 14.5. The van der Waals surface area contributed by atoms with Gasteiger partial charge in [0.15, 0.2) is 0 Å². The number of aryl methyl sites for hydroxylation is 2. The minimum atomic E-state index is 0.352. The maximum Gasteiger partial charge on any atom is 0.118 e. The molecular weight excluding hydrogens is 296 g/mol. The number of hydrogen-bond acceptors (Lipinski definition) is 2. The number of phenolic OH excluding ortho intramolecular Hbond substituents is 2. The van der Waals surface area contributed by atoms with E-state index in [2.05, 4.69) is 25.1 Å². The summed E-state index contributed by atoms with van der Waals surface area (Å²) in [5.41, 5.74) is 5.05. The van der Waals surface area contributed by atoms with Gasteiger partial charge in [-0.2, -0.15) is 0 Å². The number of benzene rings is 2. The molecule has 0 spiro atoms. The van der Waals surface area contributed by atoms with E-state index in [1.807, 2.05) is 13.0 Å². The Morgan fingerprint density at radius 3 is 2.29 bits per heavy atom. The summed E-state index contributed by atoms with van der Waals surface area (Å²) in [6.45, 7) is 4.13. The lowest BCUT2D eigenvalue weighted by atomic mass is 9.75. The molecule has 0 aliphatic heterocycles. The van der Waals surface area contributed by atoms with Gasteiger partial charge in [0.05, 0.1) is 0 Å². The average molecular weight is 322 g/mol. The van der Waals surface area contributed by atoms with E-state index < -0.39 is 0 Å². The quantitative estimate of drug-likeness (QED) is 0.826. The third kappa shape index (κ3) is 2.68. The van der Waals surface area contributed by atoms with Crippen LogP contribution in [0.5, 0.6) is 11.5 Å². The van der Waals surface area contributed by atoms with Crippen LogP contribution in [0.15, 0.2) is 36.4 Å². The topological polar surface area (TPSA) is 40.5 Å². The molecule has 0 radical (unpaired) electrons. The number of rotatable bonds is 3. The second-order valence-electron chi connectivity index (χ2n) is 7.96. The Morgan fingerprint density at radius 2 is 1.62 bits per heavy atom. The molecule has 0 amide bonds. The zero-order valence-corrected chi connectivity index (χ0v) is 14.5. The summed E-state index contributed by atoms with van der Waals surface area (Å²) < 4.78 is 0. The molecule has 126 valence electrons. The van der Waals surface area contributed by atoms with Crippen LogP contribution in [0.4, 0.5) is 0 Å². The summed E-state index contributed by atoms with van der Waals surface area (Å²) in [6.07, 6.45) is 5.10. The van der Waals surface area contributed by atoms with Crippen molar-refractivity contribution in [2.45, 2.75) is 45.4 Å². The van der Waals surface area contributed by atoms with E-state index >= 15 is 0 Å². The largest absolute Gasteiger partial charge is 0.508 e. The Balaban J connectivity index is 1.48. The number of aromatic hydroxyl groups is 2. The normalized spacial score (nSPS) is 28.4. The van der Waals surface area contributed by atoms with E-state index in [4.69, 9.17) is 0 Å². The van der Waals surface area contributed by atoms with Crippen LogP contribution in [0.25, 0.3) is 0 Å². The van der Waals surface area contributed by atoms with E-state index in [0.29, 0.717) is 17.4 Å². The van der Waals surface area contributed by atoms with Gasteiger partial charge >= 0.3 is 0 Å². The van der Waals surface area contributed by atoms with Crippen molar-refractivity contribution in [1.29, 1.82) is 0 Å². The molecule has 2 aromatic carbocycles. The SMILES string of the molecule is Cc1cc(C2CC3CC2CC3Cc2ccc(O)cc2)c(C)cc1O. The van der Waals surface area contributed by atoms with Crippen molar-refractivity contribution in [2.24, 2.45) is 17.8 Å². The summed E-state index contributed by atoms with van der Waals surface area (Å²) in [7, 11) is 0. The minimum Gasteiger partial charge on any atom is -0.508 e. The van der Waals surface area contributed by atoms with Crippen molar-refractivity contribution in [3.05, 3.63) is 58.7 Å². The molecule has 2 heteroatoms. The molecular formula is C22H26O2. The summed E-state index contributed by atoms with van der Waals surface area (Å²) in [5.74, 6) is 3.84. The average Bonchev–Trinajstić information content (AvgIpc) is 3.13. The van der Waals surface area contributed by atoms with E-state index in [1.54, 1.807) is 12.1 Å². The first kappa shape index (κ1) is 15.6. The third-order valence-corrected chi connectivity index (χ3v) is 6.42. The van der Waals surface area contributed by atoms with E-state index in [1.165, 1.54) is 36.0 Å². The molecule has 2 aliphatic rings. The van der Waals surface area contributed by atoms with Crippen molar-refractivity contribution in [3.8, 4) is 11.5 Å². The standard InChI is InChI=1S/C22H26O2/c1-13-8-22(24)14(2)7-20(13)21-12-17-11-18(21)10-16(17)9-15-3-5-19(23)6-4-15/h3-8,16-18,21,23-24H,9-12H2,1-2H3. The van der Waals surface area contributed by atoms with Crippen molar-refractivity contribution in [3.63, 3.8) is 0 Å². The first-order valence-electron chi connectivity index (χ1n) is 9.09. The maximum atomic E-state index is 9.91. The van der Waals surface area contributed by atoms with Gasteiger partial charge in [-0.3, -0.25) is 0 Å². The summed E-state index contributed by atoms with van der Waals surface area (Å²) >= 11 is 0. The predicted molar refractivity (Wildman–Crippen MR) is 96.5 cm³/mol. The molecule has 0 aromatic heterocycles. The predicted octanol–water partition coefficient (Wildman–Crippen LogP) is 5.09. The highest BCUT2D eigenvalue weighted by Crippen LogP contribution is 2.57. The summed E-state index contributed by atoms with van der Waals surface area (Å²) in [4.78, 5) is 0. The lowest BCUT2D eigenvalue weighted by Gasteiger charge is -2.29. The first-order valence-corrected chi connectivity index (χ1v) is 9.09. The second-order valence-corrected chi connectivity index (χ2v) is 7.96. The molecule has 4 unspecified atom stereocenters. The highest BCUT2D eigenvalue weighted by Gasteiger charge is 2.46. The molecule has 2 fully saturated rings. The van der Waals surface area contributed by atoms with Crippen LogP contribution in [0, 0.1) is 31.6 Å². The fourth-order valence-electron chi connectivity index (χ4n) is 5.18. The van der Waals surface area contributed by atoms with E-state index in [9.17, 15) is 10.2 Å². The van der Waals surface area contributed by atoms with Crippen LogP contribution < -0.4 is 0 Å². The Hall–Kier alpha value is -1.96. The Labute approximate surface area is 144 Å². The number of hydrogen-bond donors (Lipinski definition) is 2. The molecule has 2 bridgehead atoms. The van der Waals surface area contributed by atoms with E-state index in [-0.39, 0.29) is 0 Å². The monoisotopic (exact) mass is 322 g/mol. The van der Waals surface area contributed by atoms with E-state index in [0.717, 1.165) is 29.7 Å². The lowest BCUT2D eigenvalue weighted by molar-refractivity contribution is 0.303. The number of phenols is 2. The molecule has 0 heterocycles. The minimum absolute atomic E-state index is 0.352. The Kier molecular flexibility index (Phi) is 3.79. The van der Waals surface area contributed by atoms with Crippen LogP contribution >= 0.6 is 0 Å². The van der Waals surface area contributed by atoms with Gasteiger partial charge in [0.1, 0.15) is 11.5 Å². The highest BCUT2D eigenvalue weighted by molar-refractivity contribution is 5.43. The van der Waals surface area contributed by atoms with Gasteiger partial charge in [-0.1, -0.05) is 18.2 Å². The van der Waals surface area contributed by atoms with Gasteiger partial charge < -0.3 is 10.2 Å². The van der Waals surface area contributed by atoms with Crippen molar-refractivity contribution in [2.75, 3.05) is 0 Å². The third-order valence-electron chi connectivity index (χ3n) is 6.42. The van der Waals surface area contributed by atoms with Gasteiger partial charge in [0, 0.05) is 0 Å².